The van der Waals surface area contributed by atoms with Crippen molar-refractivity contribution in [1.82, 2.24) is 0 Å². The van der Waals surface area contributed by atoms with Gasteiger partial charge in [-0.05, 0) is 86.4 Å². The third kappa shape index (κ3) is 2.36. The molecular formula is C23H38O4. The number of fused-ring (bicyclic) bond motifs is 5. The molecule has 0 aromatic rings. The van der Waals surface area contributed by atoms with Crippen LogP contribution in [0, 0.1) is 34.5 Å². The predicted octanol–water partition coefficient (Wildman–Crippen LogP) is 4.15. The van der Waals surface area contributed by atoms with E-state index in [0.29, 0.717) is 23.9 Å². The van der Waals surface area contributed by atoms with Gasteiger partial charge in [0.25, 0.3) is 0 Å². The number of rotatable bonds is 2. The fourth-order valence-corrected chi connectivity index (χ4v) is 8.63. The van der Waals surface area contributed by atoms with Crippen molar-refractivity contribution in [2.24, 2.45) is 34.5 Å². The second-order valence-electron chi connectivity index (χ2n) is 10.8. The number of hydrogen-bond donors (Lipinski definition) is 1. The highest BCUT2D eigenvalue weighted by atomic mass is 16.7. The molecule has 4 nitrogen and oxygen atoms in total. The van der Waals surface area contributed by atoms with Crippen molar-refractivity contribution < 1.29 is 19.3 Å². The molecule has 0 radical (unpaired) electrons. The zero-order valence-electron chi connectivity index (χ0n) is 17.5. The molecule has 5 aliphatic rings. The first-order valence-corrected chi connectivity index (χ1v) is 11.4. The maximum absolute atomic E-state index is 10.7. The smallest absolute Gasteiger partial charge is 0.168 e. The second kappa shape index (κ2) is 6.17. The molecule has 5 rings (SSSR count). The molecule has 4 aliphatic carbocycles. The van der Waals surface area contributed by atoms with E-state index in [1.165, 1.54) is 38.5 Å². The molecule has 0 bridgehead atoms. The molecule has 4 saturated carbocycles. The van der Waals surface area contributed by atoms with Crippen molar-refractivity contribution in [2.45, 2.75) is 83.0 Å². The van der Waals surface area contributed by atoms with E-state index in [1.54, 1.807) is 0 Å². The molecule has 154 valence electrons. The quantitative estimate of drug-likeness (QED) is 0.784. The fourth-order valence-electron chi connectivity index (χ4n) is 8.63. The van der Waals surface area contributed by atoms with E-state index in [2.05, 4.69) is 13.8 Å². The molecule has 0 amide bonds. The highest BCUT2D eigenvalue weighted by Gasteiger charge is 2.65. The van der Waals surface area contributed by atoms with Crippen LogP contribution in [0.3, 0.4) is 0 Å². The third-order valence-electron chi connectivity index (χ3n) is 10.5. The van der Waals surface area contributed by atoms with Gasteiger partial charge in [0.15, 0.2) is 5.79 Å². The first-order chi connectivity index (χ1) is 12.9. The van der Waals surface area contributed by atoms with Gasteiger partial charge >= 0.3 is 0 Å². The molecule has 0 aromatic carbocycles. The van der Waals surface area contributed by atoms with Crippen LogP contribution in [-0.4, -0.2) is 43.4 Å². The van der Waals surface area contributed by atoms with Gasteiger partial charge in [0.1, 0.15) is 0 Å². The Bertz CT molecular complexity index is 587. The second-order valence-corrected chi connectivity index (χ2v) is 10.8. The van der Waals surface area contributed by atoms with Gasteiger partial charge in [-0.2, -0.15) is 0 Å². The lowest BCUT2D eigenvalue weighted by molar-refractivity contribution is -0.242. The van der Waals surface area contributed by atoms with Gasteiger partial charge in [-0.25, -0.2) is 0 Å². The molecule has 5 fully saturated rings. The molecule has 1 aliphatic heterocycles. The summed E-state index contributed by atoms with van der Waals surface area (Å²) in [5.41, 5.74) is 0.408. The minimum atomic E-state index is -0.332. The minimum absolute atomic E-state index is 0.0218. The lowest BCUT2D eigenvalue weighted by atomic mass is 9.44. The number of hydrogen-bond acceptors (Lipinski definition) is 4. The Morgan fingerprint density at radius 1 is 0.926 bits per heavy atom. The fraction of sp³-hybridized carbons (Fsp3) is 1.00. The normalized spacial score (nSPS) is 53.8. The molecular weight excluding hydrogens is 340 g/mol. The lowest BCUT2D eigenvalue weighted by Crippen LogP contribution is -2.60. The number of ether oxygens (including phenoxy) is 3. The van der Waals surface area contributed by atoms with E-state index < -0.39 is 0 Å². The molecule has 7 atom stereocenters. The third-order valence-corrected chi connectivity index (χ3v) is 10.5. The van der Waals surface area contributed by atoms with E-state index in [1.807, 2.05) is 7.11 Å². The summed E-state index contributed by atoms with van der Waals surface area (Å²) in [6, 6.07) is 0. The monoisotopic (exact) mass is 378 g/mol. The number of methoxy groups -OCH3 is 1. The average Bonchev–Trinajstić information content (AvgIpc) is 3.24. The number of aliphatic hydroxyl groups excluding tert-OH is 1. The van der Waals surface area contributed by atoms with Crippen LogP contribution in [-0.2, 0) is 14.2 Å². The van der Waals surface area contributed by atoms with Crippen molar-refractivity contribution in [1.29, 1.82) is 0 Å². The van der Waals surface area contributed by atoms with Crippen LogP contribution in [0.5, 0.6) is 0 Å². The summed E-state index contributed by atoms with van der Waals surface area (Å²) in [6.07, 6.45) is 10.6. The Hall–Kier alpha value is -0.160. The maximum atomic E-state index is 10.7. The molecule has 1 saturated heterocycles. The van der Waals surface area contributed by atoms with E-state index in [9.17, 15) is 5.11 Å². The van der Waals surface area contributed by atoms with E-state index >= 15 is 0 Å². The molecule has 1 heterocycles. The highest BCUT2D eigenvalue weighted by molar-refractivity contribution is 5.14. The van der Waals surface area contributed by atoms with Gasteiger partial charge < -0.3 is 19.3 Å². The van der Waals surface area contributed by atoms with Crippen molar-refractivity contribution in [2.75, 3.05) is 26.9 Å². The van der Waals surface area contributed by atoms with E-state index in [4.69, 9.17) is 14.2 Å². The predicted molar refractivity (Wildman–Crippen MR) is 103 cm³/mol. The summed E-state index contributed by atoms with van der Waals surface area (Å²) in [4.78, 5) is 0. The SMILES string of the molecule is COC1(C)CC[C@H]2[C@@H]3CC[C@@H]4CC5(CC[C@]4(CO)[C@H]3CC[C@@]21C)OCCO5. The molecule has 4 heteroatoms. The van der Waals surface area contributed by atoms with E-state index in [0.717, 1.165) is 44.3 Å². The van der Waals surface area contributed by atoms with Crippen molar-refractivity contribution in [3.8, 4) is 0 Å². The van der Waals surface area contributed by atoms with Crippen LogP contribution in [0.15, 0.2) is 0 Å². The first-order valence-electron chi connectivity index (χ1n) is 11.4. The summed E-state index contributed by atoms with van der Waals surface area (Å²) >= 11 is 0. The topological polar surface area (TPSA) is 47.9 Å². The van der Waals surface area contributed by atoms with Gasteiger partial charge in [0, 0.05) is 26.6 Å². The van der Waals surface area contributed by atoms with Crippen LogP contribution >= 0.6 is 0 Å². The van der Waals surface area contributed by atoms with Gasteiger partial charge in [-0.1, -0.05) is 6.92 Å². The lowest BCUT2D eigenvalue weighted by Gasteiger charge is -2.63. The summed E-state index contributed by atoms with van der Waals surface area (Å²) < 4.78 is 18.2. The molecule has 0 aromatic heterocycles. The largest absolute Gasteiger partial charge is 0.396 e. The Balaban J connectivity index is 1.44. The molecule has 27 heavy (non-hydrogen) atoms. The van der Waals surface area contributed by atoms with Crippen LogP contribution in [0.25, 0.3) is 0 Å². The molecule has 1 unspecified atom stereocenters. The van der Waals surface area contributed by atoms with Crippen LogP contribution in [0.1, 0.15) is 71.6 Å². The zero-order valence-corrected chi connectivity index (χ0v) is 17.5. The summed E-state index contributed by atoms with van der Waals surface area (Å²) in [5.74, 6) is 2.39. The van der Waals surface area contributed by atoms with Crippen molar-refractivity contribution >= 4 is 0 Å². The summed E-state index contributed by atoms with van der Waals surface area (Å²) in [5, 5.41) is 10.7. The Morgan fingerprint density at radius 3 is 2.37 bits per heavy atom. The standard InChI is InChI=1S/C23H38O4/c1-20-8-6-19-17(18(20)7-9-21(20,2)25-3)5-4-16-14-23(26-12-13-27-23)11-10-22(16,19)15-24/h16-19,24H,4-15H2,1-3H3/t16-,17+,18+,19+,20+,21?,22-/m1/s1. The summed E-state index contributed by atoms with van der Waals surface area (Å²) in [6.45, 7) is 6.67. The minimum Gasteiger partial charge on any atom is -0.396 e. The van der Waals surface area contributed by atoms with Crippen molar-refractivity contribution in [3.63, 3.8) is 0 Å². The molecule has 1 spiro atoms. The first kappa shape index (κ1) is 18.8. The van der Waals surface area contributed by atoms with Gasteiger partial charge in [0.2, 0.25) is 0 Å². The van der Waals surface area contributed by atoms with Crippen LogP contribution in [0.2, 0.25) is 0 Å². The zero-order chi connectivity index (χ0) is 18.9. The summed E-state index contributed by atoms with van der Waals surface area (Å²) in [7, 11) is 1.91. The maximum Gasteiger partial charge on any atom is 0.168 e. The van der Waals surface area contributed by atoms with Crippen LogP contribution in [0.4, 0.5) is 0 Å². The van der Waals surface area contributed by atoms with Gasteiger partial charge in [-0.15, -0.1) is 0 Å². The molecule has 1 N–H and O–H groups in total. The number of aliphatic hydroxyl groups is 1. The van der Waals surface area contributed by atoms with E-state index in [-0.39, 0.29) is 16.8 Å². The Labute approximate surface area is 164 Å². The Morgan fingerprint density at radius 2 is 1.67 bits per heavy atom. The van der Waals surface area contributed by atoms with Crippen LogP contribution < -0.4 is 0 Å². The Kier molecular flexibility index (Phi) is 4.30. The highest BCUT2D eigenvalue weighted by Crippen LogP contribution is 2.69. The average molecular weight is 379 g/mol. The van der Waals surface area contributed by atoms with Gasteiger partial charge in [0.05, 0.1) is 18.8 Å². The van der Waals surface area contributed by atoms with Gasteiger partial charge in [-0.3, -0.25) is 0 Å². The van der Waals surface area contributed by atoms with Crippen molar-refractivity contribution in [3.05, 3.63) is 0 Å².